The Morgan fingerprint density at radius 1 is 0.850 bits per heavy atom. The summed E-state index contributed by atoms with van der Waals surface area (Å²) in [5.74, 6) is -0.801. The van der Waals surface area contributed by atoms with E-state index in [1.165, 1.54) is 0 Å². The van der Waals surface area contributed by atoms with Crippen LogP contribution in [0.5, 0.6) is 0 Å². The van der Waals surface area contributed by atoms with E-state index in [0.717, 1.165) is 27.5 Å². The molecule has 0 unspecified atom stereocenters. The van der Waals surface area contributed by atoms with Gasteiger partial charge in [0.2, 0.25) is 0 Å². The van der Waals surface area contributed by atoms with Crippen molar-refractivity contribution in [3.63, 3.8) is 0 Å². The standard InChI is InChI=1S/C18H14O2/c19-18(20)12-16-8-4-7-15-11-14(9-10-17(15)16)13-5-2-1-3-6-13/h1-11H,12H2,(H,19,20). The zero-order valence-corrected chi connectivity index (χ0v) is 10.9. The lowest BCUT2D eigenvalue weighted by atomic mass is 9.97. The van der Waals surface area contributed by atoms with Crippen LogP contribution in [0.4, 0.5) is 0 Å². The first-order valence-corrected chi connectivity index (χ1v) is 6.53. The van der Waals surface area contributed by atoms with Gasteiger partial charge < -0.3 is 5.11 Å². The maximum absolute atomic E-state index is 10.9. The number of hydrogen-bond acceptors (Lipinski definition) is 1. The lowest BCUT2D eigenvalue weighted by Crippen LogP contribution is -2.00. The van der Waals surface area contributed by atoms with Crippen molar-refractivity contribution < 1.29 is 9.90 Å². The van der Waals surface area contributed by atoms with Crippen LogP contribution >= 0.6 is 0 Å². The zero-order valence-electron chi connectivity index (χ0n) is 10.9. The Kier molecular flexibility index (Phi) is 3.21. The molecule has 0 bridgehead atoms. The molecule has 0 aromatic heterocycles. The van der Waals surface area contributed by atoms with E-state index in [4.69, 9.17) is 5.11 Å². The van der Waals surface area contributed by atoms with Crippen LogP contribution in [0, 0.1) is 0 Å². The van der Waals surface area contributed by atoms with Crippen LogP contribution in [-0.2, 0) is 11.2 Å². The number of carbonyl (C=O) groups is 1. The molecule has 0 atom stereocenters. The number of fused-ring (bicyclic) bond motifs is 1. The Hall–Kier alpha value is -2.61. The monoisotopic (exact) mass is 262 g/mol. The molecular formula is C18H14O2. The van der Waals surface area contributed by atoms with Crippen LogP contribution < -0.4 is 0 Å². The van der Waals surface area contributed by atoms with Gasteiger partial charge in [0.15, 0.2) is 0 Å². The van der Waals surface area contributed by atoms with Crippen LogP contribution in [0.25, 0.3) is 21.9 Å². The maximum atomic E-state index is 10.9. The molecule has 98 valence electrons. The van der Waals surface area contributed by atoms with Gasteiger partial charge in [-0.25, -0.2) is 0 Å². The third-order valence-corrected chi connectivity index (χ3v) is 3.42. The largest absolute Gasteiger partial charge is 0.481 e. The zero-order chi connectivity index (χ0) is 13.9. The minimum atomic E-state index is -0.801. The van der Waals surface area contributed by atoms with Crippen molar-refractivity contribution in [2.24, 2.45) is 0 Å². The fourth-order valence-electron chi connectivity index (χ4n) is 2.48. The summed E-state index contributed by atoms with van der Waals surface area (Å²) in [7, 11) is 0. The minimum absolute atomic E-state index is 0.0576. The first-order valence-electron chi connectivity index (χ1n) is 6.53. The number of aliphatic carboxylic acids is 1. The van der Waals surface area contributed by atoms with Crippen LogP contribution in [0.15, 0.2) is 66.7 Å². The normalized spacial score (nSPS) is 10.6. The summed E-state index contributed by atoms with van der Waals surface area (Å²) in [6, 6.07) is 22.1. The lowest BCUT2D eigenvalue weighted by Gasteiger charge is -2.07. The molecule has 0 aliphatic carbocycles. The predicted octanol–water partition coefficient (Wildman–Crippen LogP) is 4.13. The quantitative estimate of drug-likeness (QED) is 0.770. The third-order valence-electron chi connectivity index (χ3n) is 3.42. The Labute approximate surface area is 117 Å². The molecule has 3 aromatic rings. The number of carboxylic acids is 1. The smallest absolute Gasteiger partial charge is 0.307 e. The molecule has 20 heavy (non-hydrogen) atoms. The summed E-state index contributed by atoms with van der Waals surface area (Å²) in [6.07, 6.45) is 0.0576. The van der Waals surface area contributed by atoms with Gasteiger partial charge in [-0.3, -0.25) is 4.79 Å². The van der Waals surface area contributed by atoms with Crippen molar-refractivity contribution in [3.05, 3.63) is 72.3 Å². The molecule has 0 radical (unpaired) electrons. The average Bonchev–Trinajstić information content (AvgIpc) is 2.47. The van der Waals surface area contributed by atoms with Gasteiger partial charge in [0.1, 0.15) is 0 Å². The summed E-state index contributed by atoms with van der Waals surface area (Å²) in [5.41, 5.74) is 3.17. The highest BCUT2D eigenvalue weighted by Gasteiger charge is 2.06. The molecule has 0 aliphatic rings. The molecule has 0 saturated heterocycles. The molecular weight excluding hydrogens is 248 g/mol. The second kappa shape index (κ2) is 5.17. The van der Waals surface area contributed by atoms with E-state index in [0.29, 0.717) is 0 Å². The van der Waals surface area contributed by atoms with E-state index >= 15 is 0 Å². The highest BCUT2D eigenvalue weighted by molar-refractivity contribution is 5.91. The predicted molar refractivity (Wildman–Crippen MR) is 80.7 cm³/mol. The fourth-order valence-corrected chi connectivity index (χ4v) is 2.48. The summed E-state index contributed by atoms with van der Waals surface area (Å²) in [6.45, 7) is 0. The number of carboxylic acid groups (broad SMARTS) is 1. The number of benzene rings is 3. The molecule has 0 aliphatic heterocycles. The van der Waals surface area contributed by atoms with Gasteiger partial charge >= 0.3 is 5.97 Å². The van der Waals surface area contributed by atoms with E-state index in [-0.39, 0.29) is 6.42 Å². The molecule has 0 spiro atoms. The molecule has 0 heterocycles. The van der Waals surface area contributed by atoms with E-state index in [1.807, 2.05) is 48.5 Å². The Bertz CT molecular complexity index is 761. The van der Waals surface area contributed by atoms with Gasteiger partial charge in [-0.15, -0.1) is 0 Å². The number of hydrogen-bond donors (Lipinski definition) is 1. The summed E-state index contributed by atoms with van der Waals surface area (Å²) < 4.78 is 0. The van der Waals surface area contributed by atoms with Crippen molar-refractivity contribution in [1.82, 2.24) is 0 Å². The summed E-state index contributed by atoms with van der Waals surface area (Å²) >= 11 is 0. The molecule has 2 heteroatoms. The maximum Gasteiger partial charge on any atom is 0.307 e. The molecule has 2 nitrogen and oxygen atoms in total. The van der Waals surface area contributed by atoms with Gasteiger partial charge in [0, 0.05) is 0 Å². The third kappa shape index (κ3) is 2.41. The van der Waals surface area contributed by atoms with E-state index in [1.54, 1.807) is 0 Å². The minimum Gasteiger partial charge on any atom is -0.481 e. The van der Waals surface area contributed by atoms with Gasteiger partial charge in [0.25, 0.3) is 0 Å². The van der Waals surface area contributed by atoms with Crippen molar-refractivity contribution >= 4 is 16.7 Å². The molecule has 3 aromatic carbocycles. The van der Waals surface area contributed by atoms with Crippen molar-refractivity contribution in [2.75, 3.05) is 0 Å². The van der Waals surface area contributed by atoms with Crippen LogP contribution in [0.3, 0.4) is 0 Å². The molecule has 0 amide bonds. The molecule has 1 N–H and O–H groups in total. The van der Waals surface area contributed by atoms with Gasteiger partial charge in [-0.1, -0.05) is 60.7 Å². The Morgan fingerprint density at radius 3 is 2.40 bits per heavy atom. The van der Waals surface area contributed by atoms with Crippen molar-refractivity contribution in [3.8, 4) is 11.1 Å². The topological polar surface area (TPSA) is 37.3 Å². The second-order valence-corrected chi connectivity index (χ2v) is 4.79. The second-order valence-electron chi connectivity index (χ2n) is 4.79. The average molecular weight is 262 g/mol. The number of rotatable bonds is 3. The van der Waals surface area contributed by atoms with Gasteiger partial charge in [-0.05, 0) is 33.5 Å². The summed E-state index contributed by atoms with van der Waals surface area (Å²) in [4.78, 5) is 10.9. The Balaban J connectivity index is 2.11. The van der Waals surface area contributed by atoms with Crippen molar-refractivity contribution in [2.45, 2.75) is 6.42 Å². The van der Waals surface area contributed by atoms with Crippen LogP contribution in [0.2, 0.25) is 0 Å². The molecule has 3 rings (SSSR count). The highest BCUT2D eigenvalue weighted by atomic mass is 16.4. The lowest BCUT2D eigenvalue weighted by molar-refractivity contribution is -0.136. The van der Waals surface area contributed by atoms with Crippen LogP contribution in [-0.4, -0.2) is 11.1 Å². The first-order chi connectivity index (χ1) is 9.74. The first kappa shape index (κ1) is 12.4. The molecule has 0 saturated carbocycles. The van der Waals surface area contributed by atoms with Gasteiger partial charge in [-0.2, -0.15) is 0 Å². The van der Waals surface area contributed by atoms with E-state index in [2.05, 4.69) is 18.2 Å². The highest BCUT2D eigenvalue weighted by Crippen LogP contribution is 2.26. The van der Waals surface area contributed by atoms with Crippen molar-refractivity contribution in [1.29, 1.82) is 0 Å². The van der Waals surface area contributed by atoms with Gasteiger partial charge in [0.05, 0.1) is 6.42 Å². The SMILES string of the molecule is O=C(O)Cc1cccc2cc(-c3ccccc3)ccc12. The molecule has 0 fully saturated rings. The van der Waals surface area contributed by atoms with Crippen LogP contribution in [0.1, 0.15) is 5.56 Å². The Morgan fingerprint density at radius 2 is 1.65 bits per heavy atom. The fraction of sp³-hybridized carbons (Fsp3) is 0.0556. The van der Waals surface area contributed by atoms with E-state index < -0.39 is 5.97 Å². The summed E-state index contributed by atoms with van der Waals surface area (Å²) in [5, 5.41) is 11.0. The van der Waals surface area contributed by atoms with E-state index in [9.17, 15) is 4.79 Å².